The number of anilines is 5. The van der Waals surface area contributed by atoms with E-state index in [0.717, 1.165) is 18.7 Å². The molecule has 0 aliphatic carbocycles. The highest BCUT2D eigenvalue weighted by molar-refractivity contribution is 6.29. The Bertz CT molecular complexity index is 2790. The number of benzene rings is 2. The predicted molar refractivity (Wildman–Crippen MR) is 265 cm³/mol. The van der Waals surface area contributed by atoms with Gasteiger partial charge in [-0.15, -0.1) is 0 Å². The molecule has 364 valence electrons. The fraction of sp³-hybridized carbons (Fsp3) is 0.375. The topological polar surface area (TPSA) is 220 Å². The molecule has 3 N–H and O–H groups in total. The average Bonchev–Trinajstić information content (AvgIpc) is 4.17. The number of urea groups is 2. The summed E-state index contributed by atoms with van der Waals surface area (Å²) >= 11 is 6.02. The van der Waals surface area contributed by atoms with Gasteiger partial charge in [0.25, 0.3) is 0 Å². The number of nitrogens with zero attached hydrogens (tertiary/aromatic N) is 11. The maximum absolute atomic E-state index is 12.9. The van der Waals surface area contributed by atoms with Gasteiger partial charge in [-0.1, -0.05) is 37.6 Å². The maximum atomic E-state index is 12.9. The van der Waals surface area contributed by atoms with Crippen molar-refractivity contribution in [2.45, 2.75) is 66.5 Å². The number of Topliss-reactive ketones (excluding diaryl/α,β-unsaturated/α-hetero) is 2. The average molecular weight is 964 g/mol. The van der Waals surface area contributed by atoms with Crippen LogP contribution in [0, 0.1) is 0 Å². The van der Waals surface area contributed by atoms with Crippen LogP contribution in [-0.2, 0) is 14.1 Å². The molecule has 69 heavy (non-hydrogen) atoms. The highest BCUT2D eigenvalue weighted by Gasteiger charge is 2.33. The summed E-state index contributed by atoms with van der Waals surface area (Å²) in [5, 5.41) is 18.3. The molecule has 4 aromatic heterocycles. The number of hydrogen-bond donors (Lipinski definition) is 3. The highest BCUT2D eigenvalue weighted by Crippen LogP contribution is 2.39. The van der Waals surface area contributed by atoms with Gasteiger partial charge in [0.05, 0.1) is 59.2 Å². The lowest BCUT2D eigenvalue weighted by Crippen LogP contribution is -2.36. The molecule has 0 bridgehead atoms. The molecule has 0 spiro atoms. The van der Waals surface area contributed by atoms with E-state index in [2.05, 4.69) is 46.1 Å². The summed E-state index contributed by atoms with van der Waals surface area (Å²) < 4.78 is 14.5. The summed E-state index contributed by atoms with van der Waals surface area (Å²) in [5.41, 5.74) is 4.81. The second-order valence-corrected chi connectivity index (χ2v) is 16.8. The molecular weight excluding hydrogens is 904 g/mol. The number of aromatic nitrogens is 8. The van der Waals surface area contributed by atoms with Gasteiger partial charge in [-0.3, -0.25) is 23.9 Å². The Labute approximate surface area is 406 Å². The number of hydrogen-bond acceptors (Lipinski definition) is 14. The smallest absolute Gasteiger partial charge is 0.326 e. The Morgan fingerprint density at radius 1 is 0.696 bits per heavy atom. The second-order valence-electron chi connectivity index (χ2n) is 16.4. The van der Waals surface area contributed by atoms with Gasteiger partial charge in [-0.2, -0.15) is 10.2 Å². The summed E-state index contributed by atoms with van der Waals surface area (Å²) in [7, 11) is 6.75. The third kappa shape index (κ3) is 11.9. The van der Waals surface area contributed by atoms with Crippen LogP contribution in [0.3, 0.4) is 0 Å². The quantitative estimate of drug-likeness (QED) is 0.0653. The third-order valence-electron chi connectivity index (χ3n) is 11.1. The fourth-order valence-corrected chi connectivity index (χ4v) is 7.72. The van der Waals surface area contributed by atoms with E-state index in [1.54, 1.807) is 86.1 Å². The zero-order valence-electron chi connectivity index (χ0n) is 40.6. The normalized spacial score (nSPS) is 13.2. The van der Waals surface area contributed by atoms with E-state index in [1.165, 1.54) is 12.4 Å². The van der Waals surface area contributed by atoms with Crippen LogP contribution in [0.15, 0.2) is 73.6 Å². The van der Waals surface area contributed by atoms with Crippen LogP contribution in [0.4, 0.5) is 38.2 Å². The second kappa shape index (κ2) is 22.9. The van der Waals surface area contributed by atoms with Crippen molar-refractivity contribution in [2.24, 2.45) is 14.1 Å². The molecule has 2 saturated heterocycles. The molecule has 2 aromatic carbocycles. The van der Waals surface area contributed by atoms with Gasteiger partial charge in [0.15, 0.2) is 34.7 Å². The third-order valence-corrected chi connectivity index (χ3v) is 11.3. The molecule has 4 amide bonds. The van der Waals surface area contributed by atoms with Crippen LogP contribution in [0.1, 0.15) is 75.1 Å². The molecule has 0 atom stereocenters. The molecular formula is C48H59ClN14O6. The number of methoxy groups -OCH3 is 2. The van der Waals surface area contributed by atoms with Crippen LogP contribution < -0.4 is 30.3 Å². The number of nitrogens with one attached hydrogen (secondary N) is 3. The van der Waals surface area contributed by atoms with Crippen molar-refractivity contribution in [3.8, 4) is 34.3 Å². The van der Waals surface area contributed by atoms with E-state index in [-0.39, 0.29) is 29.7 Å². The van der Waals surface area contributed by atoms with Crippen molar-refractivity contribution in [3.05, 3.63) is 89.9 Å². The molecule has 2 aliphatic heterocycles. The van der Waals surface area contributed by atoms with Crippen molar-refractivity contribution < 1.29 is 28.7 Å². The predicted octanol–water partition coefficient (Wildman–Crippen LogP) is 8.17. The first-order chi connectivity index (χ1) is 33.1. The Morgan fingerprint density at radius 2 is 1.20 bits per heavy atom. The van der Waals surface area contributed by atoms with Gasteiger partial charge < -0.3 is 35.2 Å². The number of para-hydroxylation sites is 2. The summed E-state index contributed by atoms with van der Waals surface area (Å²) in [5.74, 6) is 2.60. The number of ketones is 2. The Morgan fingerprint density at radius 3 is 1.61 bits per heavy atom. The molecule has 0 saturated carbocycles. The number of amides is 4. The van der Waals surface area contributed by atoms with E-state index < -0.39 is 0 Å². The van der Waals surface area contributed by atoms with Crippen molar-refractivity contribution >= 4 is 63.8 Å². The minimum atomic E-state index is -0.0937. The summed E-state index contributed by atoms with van der Waals surface area (Å²) in [6.07, 6.45) is 6.95. The number of carbonyl (C=O) groups excluding carboxylic acids is 4. The Balaban J connectivity index is 0.000000196. The van der Waals surface area contributed by atoms with E-state index in [4.69, 9.17) is 21.1 Å². The van der Waals surface area contributed by atoms with Crippen molar-refractivity contribution in [2.75, 3.05) is 55.9 Å². The number of halogens is 1. The van der Waals surface area contributed by atoms with Gasteiger partial charge in [0, 0.05) is 83.7 Å². The van der Waals surface area contributed by atoms with Gasteiger partial charge in [0.1, 0.15) is 23.6 Å². The molecule has 0 unspecified atom stereocenters. The number of aryl methyl sites for hydroxylation is 2. The van der Waals surface area contributed by atoms with Crippen molar-refractivity contribution in [1.29, 1.82) is 0 Å². The van der Waals surface area contributed by atoms with E-state index in [1.807, 2.05) is 69.0 Å². The van der Waals surface area contributed by atoms with E-state index in [0.29, 0.717) is 106 Å². The molecule has 20 nitrogen and oxygen atoms in total. The summed E-state index contributed by atoms with van der Waals surface area (Å²) in [6, 6.07) is 15.0. The van der Waals surface area contributed by atoms with Gasteiger partial charge in [0.2, 0.25) is 0 Å². The Kier molecular flexibility index (Phi) is 16.9. The zero-order valence-corrected chi connectivity index (χ0v) is 41.3. The number of carbonyl (C=O) groups is 4. The summed E-state index contributed by atoms with van der Waals surface area (Å²) in [6.45, 7) is 14.4. The lowest BCUT2D eigenvalue weighted by Gasteiger charge is -2.22. The first-order valence-corrected chi connectivity index (χ1v) is 22.9. The molecule has 6 heterocycles. The highest BCUT2D eigenvalue weighted by atomic mass is 35.5. The number of rotatable bonds is 15. The van der Waals surface area contributed by atoms with Gasteiger partial charge in [-0.25, -0.2) is 29.5 Å². The largest absolute Gasteiger partial charge is 0.494 e. The number of ether oxygens (including phenoxy) is 2. The van der Waals surface area contributed by atoms with Gasteiger partial charge >= 0.3 is 12.1 Å². The maximum Gasteiger partial charge on any atom is 0.326 e. The molecule has 2 aliphatic rings. The SMILES string of the molecule is CC(C)N1CCNC1=O.CCC(=O)c1cnc(Cl)cc1Nc1cccc(-c2ncn(C)n2)c1OC.CCC(=O)c1cnc(N2CCN(C(C)C)C2=O)cc1Nc1cccc(-c2ncn(C)n2)c1OC. The summed E-state index contributed by atoms with van der Waals surface area (Å²) in [4.78, 5) is 70.9. The molecule has 21 heteroatoms. The van der Waals surface area contributed by atoms with Crippen LogP contribution in [0.25, 0.3) is 22.8 Å². The lowest BCUT2D eigenvalue weighted by atomic mass is 10.1. The van der Waals surface area contributed by atoms with E-state index in [9.17, 15) is 19.2 Å². The van der Waals surface area contributed by atoms with E-state index >= 15 is 0 Å². The Hall–Kier alpha value is -7.61. The minimum Gasteiger partial charge on any atom is -0.494 e. The zero-order chi connectivity index (χ0) is 49.9. The van der Waals surface area contributed by atoms with Crippen molar-refractivity contribution in [1.82, 2.24) is 54.6 Å². The molecule has 8 rings (SSSR count). The molecule has 0 radical (unpaired) electrons. The van der Waals surface area contributed by atoms with Gasteiger partial charge in [-0.05, 0) is 58.0 Å². The monoisotopic (exact) mass is 962 g/mol. The van der Waals surface area contributed by atoms with Crippen LogP contribution in [0.2, 0.25) is 5.15 Å². The fourth-order valence-electron chi connectivity index (χ4n) is 7.56. The van der Waals surface area contributed by atoms with Crippen LogP contribution >= 0.6 is 11.6 Å². The minimum absolute atomic E-state index is 0.0295. The standard InChI is InChI=1S/C24H29N7O3.C18H18ClN5O2.C6H12N2O/c1-6-20(32)17-13-25-21(31-11-10-30(15(2)3)24(31)33)12-19(17)27-18-9-7-8-16(22(18)34-5)23-26-14-29(4)28-23;1-4-15(25)12-9-20-16(19)8-14(12)22-13-7-5-6-11(17(13)26-3)18-21-10-24(2)23-18;1-5(2)8-4-3-7-6(8)9/h7-9,12-15H,6,10-11H2,1-5H3,(H,25,27);5-10H,4H2,1-3H3,(H,20,22);5H,3-4H2,1-2H3,(H,7,9). The number of pyridine rings is 2. The first-order valence-electron chi connectivity index (χ1n) is 22.5. The molecule has 2 fully saturated rings. The lowest BCUT2D eigenvalue weighted by molar-refractivity contribution is 0.0980. The molecule has 6 aromatic rings. The van der Waals surface area contributed by atoms with Crippen LogP contribution in [-0.4, -0.2) is 125 Å². The first kappa shape index (κ1) is 50.8. The van der Waals surface area contributed by atoms with Crippen LogP contribution in [0.5, 0.6) is 11.5 Å². The van der Waals surface area contributed by atoms with Crippen molar-refractivity contribution in [3.63, 3.8) is 0 Å².